The summed E-state index contributed by atoms with van der Waals surface area (Å²) in [6, 6.07) is 0. The maximum Gasteiger partial charge on any atom is 0.468 e. The summed E-state index contributed by atoms with van der Waals surface area (Å²) in [6.07, 6.45) is 21.5. The lowest BCUT2D eigenvalue weighted by Crippen LogP contribution is -2.08. The van der Waals surface area contributed by atoms with Crippen LogP contribution in [0.2, 0.25) is 0 Å². The first kappa shape index (κ1) is 24.0. The zero-order valence-electron chi connectivity index (χ0n) is 15.9. The number of hydrogen-bond acceptors (Lipinski definition) is 3. The van der Waals surface area contributed by atoms with Crippen molar-refractivity contribution in [3.8, 4) is 0 Å². The third-order valence-corrected chi connectivity index (χ3v) is 4.80. The third-order valence-electron chi connectivity index (χ3n) is 4.43. The summed E-state index contributed by atoms with van der Waals surface area (Å²) in [7, 11) is 0. The lowest BCUT2D eigenvalue weighted by Gasteiger charge is -2.03. The van der Waals surface area contributed by atoms with Gasteiger partial charge in [0.05, 0.1) is 5.75 Å². The molecule has 0 aromatic heterocycles. The van der Waals surface area contributed by atoms with Gasteiger partial charge in [-0.25, -0.2) is 0 Å². The molecule has 0 aliphatic heterocycles. The van der Waals surface area contributed by atoms with Gasteiger partial charge in [0.1, 0.15) is 6.42 Å². The average Bonchev–Trinajstić information content (AvgIpc) is 2.61. The summed E-state index contributed by atoms with van der Waals surface area (Å²) in [5, 5.41) is 0. The number of unbranched alkanes of at least 4 members (excludes halogenated alkanes) is 14. The Bertz CT molecular complexity index is 270. The molecule has 0 rings (SSSR count). The van der Waals surface area contributed by atoms with Crippen LogP contribution in [0.3, 0.4) is 0 Å². The van der Waals surface area contributed by atoms with E-state index in [0.29, 0.717) is 18.3 Å². The quantitative estimate of drug-likeness (QED) is 0.0942. The number of carbonyl (C=O) groups excluding carboxylic acids is 1. The van der Waals surface area contributed by atoms with Crippen LogP contribution < -0.4 is 0 Å². The first-order chi connectivity index (χ1) is 11.8. The van der Waals surface area contributed by atoms with E-state index in [1.54, 1.807) is 0 Å². The van der Waals surface area contributed by atoms with Crippen LogP contribution in [0.4, 0.5) is 0 Å². The fraction of sp³-hybridized carbons (Fsp3) is 0.950. The van der Waals surface area contributed by atoms with Crippen molar-refractivity contribution in [2.24, 2.45) is 0 Å². The van der Waals surface area contributed by atoms with E-state index in [2.05, 4.69) is 32.5 Å². The van der Waals surface area contributed by atoms with Gasteiger partial charge in [-0.05, 0) is 6.42 Å². The monoisotopic (exact) mass is 376 g/mol. The molecule has 0 aromatic carbocycles. The van der Waals surface area contributed by atoms with Gasteiger partial charge in [0, 0.05) is 0 Å². The molecule has 2 nitrogen and oxygen atoms in total. The largest absolute Gasteiger partial charge is 0.468 e. The van der Waals surface area contributed by atoms with Gasteiger partial charge in [-0.3, -0.25) is 0 Å². The molecule has 0 aliphatic carbocycles. The third kappa shape index (κ3) is 18.4. The van der Waals surface area contributed by atoms with Gasteiger partial charge in [0.2, 0.25) is 0 Å². The number of rotatable bonds is 18. The van der Waals surface area contributed by atoms with E-state index in [0.717, 1.165) is 12.8 Å². The number of esters is 1. The highest BCUT2D eigenvalue weighted by molar-refractivity contribution is 7.80. The van der Waals surface area contributed by atoms with E-state index < -0.39 is 0 Å². The minimum Gasteiger partial charge on any atom is -0.434 e. The van der Waals surface area contributed by atoms with Crippen molar-refractivity contribution in [2.45, 2.75) is 110 Å². The molecule has 0 N–H and O–H groups in total. The Kier molecular flexibility index (Phi) is 21.1. The number of hydrogen-bond donors (Lipinski definition) is 1. The smallest absolute Gasteiger partial charge is 0.434 e. The molecule has 0 saturated carbocycles. The fourth-order valence-corrected chi connectivity index (χ4v) is 3.16. The van der Waals surface area contributed by atoms with E-state index in [1.807, 2.05) is 0 Å². The summed E-state index contributed by atoms with van der Waals surface area (Å²) < 4.78 is 10.2. The Morgan fingerprint density at radius 3 is 1.54 bits per heavy atom. The Morgan fingerprint density at radius 2 is 1.17 bits per heavy atom. The molecular weight excluding hydrogens is 336 g/mol. The van der Waals surface area contributed by atoms with Crippen molar-refractivity contribution in [1.29, 1.82) is 0 Å². The van der Waals surface area contributed by atoms with E-state index >= 15 is 0 Å². The predicted octanol–water partition coefficient (Wildman–Crippen LogP) is 6.72. The van der Waals surface area contributed by atoms with Crippen LogP contribution in [0.25, 0.3) is 0 Å². The Hall–Kier alpha value is 0.0400. The van der Waals surface area contributed by atoms with E-state index in [1.165, 1.54) is 89.9 Å². The van der Waals surface area contributed by atoms with Gasteiger partial charge >= 0.3 is 5.97 Å². The van der Waals surface area contributed by atoms with Crippen molar-refractivity contribution in [3.05, 3.63) is 0 Å². The van der Waals surface area contributed by atoms with Crippen LogP contribution in [-0.4, -0.2) is 18.3 Å². The number of ether oxygens (including phenoxy) is 1. The van der Waals surface area contributed by atoms with Crippen LogP contribution in [0, 0.1) is 0 Å². The predicted molar refractivity (Wildman–Crippen MR) is 112 cm³/mol. The molecule has 0 aliphatic rings. The summed E-state index contributed by atoms with van der Waals surface area (Å²) in [6.45, 7) is 2.86. The summed E-state index contributed by atoms with van der Waals surface area (Å²) in [5.41, 5.74) is 0. The maximum atomic E-state index is 5.37. The van der Waals surface area contributed by atoms with E-state index in [-0.39, 0.29) is 0 Å². The molecule has 0 spiro atoms. The SMILES string of the molecule is CCCCCCCCCCCCCCCCCC(OCCS)=[O+][S-]. The summed E-state index contributed by atoms with van der Waals surface area (Å²) in [4.78, 5) is 0. The molecule has 0 aromatic rings. The lowest BCUT2D eigenvalue weighted by atomic mass is 10.0. The van der Waals surface area contributed by atoms with Crippen molar-refractivity contribution >= 4 is 31.5 Å². The van der Waals surface area contributed by atoms with Gasteiger partial charge in [-0.15, -0.1) is 0 Å². The van der Waals surface area contributed by atoms with Crippen molar-refractivity contribution in [2.75, 3.05) is 12.4 Å². The van der Waals surface area contributed by atoms with Crippen molar-refractivity contribution < 1.29 is 8.61 Å². The molecule has 0 saturated heterocycles. The van der Waals surface area contributed by atoms with Gasteiger partial charge in [0.15, 0.2) is 6.61 Å². The molecule has 0 fully saturated rings. The first-order valence-corrected chi connectivity index (χ1v) is 11.2. The van der Waals surface area contributed by atoms with Crippen LogP contribution in [-0.2, 0) is 21.5 Å². The van der Waals surface area contributed by atoms with E-state index in [9.17, 15) is 0 Å². The van der Waals surface area contributed by atoms with Crippen LogP contribution in [0.15, 0.2) is 0 Å². The second kappa shape index (κ2) is 21.1. The molecule has 0 atom stereocenters. The lowest BCUT2D eigenvalue weighted by molar-refractivity contribution is -0.262. The van der Waals surface area contributed by atoms with Crippen molar-refractivity contribution in [3.63, 3.8) is 0 Å². The molecule has 24 heavy (non-hydrogen) atoms. The zero-order valence-corrected chi connectivity index (χ0v) is 17.6. The summed E-state index contributed by atoms with van der Waals surface area (Å²) in [5.74, 6) is 1.29. The Morgan fingerprint density at radius 1 is 0.750 bits per heavy atom. The Labute approximate surface area is 162 Å². The van der Waals surface area contributed by atoms with Gasteiger partial charge in [-0.1, -0.05) is 96.8 Å². The highest BCUT2D eigenvalue weighted by Crippen LogP contribution is 2.13. The van der Waals surface area contributed by atoms with Crippen LogP contribution in [0.5, 0.6) is 0 Å². The normalized spacial score (nSPS) is 11.8. The molecule has 144 valence electrons. The molecular formula is C20H40O2S2. The van der Waals surface area contributed by atoms with Crippen molar-refractivity contribution in [1.82, 2.24) is 0 Å². The second-order valence-corrected chi connectivity index (χ2v) is 7.34. The Balaban J connectivity index is 3.15. The topological polar surface area (TPSA) is 20.5 Å². The zero-order chi connectivity index (χ0) is 17.7. The maximum absolute atomic E-state index is 5.37. The fourth-order valence-electron chi connectivity index (χ4n) is 2.94. The number of thiol groups is 1. The second-order valence-electron chi connectivity index (χ2n) is 6.73. The molecule has 0 radical (unpaired) electrons. The average molecular weight is 377 g/mol. The summed E-state index contributed by atoms with van der Waals surface area (Å²) >= 11 is 8.71. The molecule has 4 heteroatoms. The minimum atomic E-state index is 0.577. The molecule has 0 amide bonds. The van der Waals surface area contributed by atoms with Crippen LogP contribution in [0.1, 0.15) is 110 Å². The van der Waals surface area contributed by atoms with E-state index in [4.69, 9.17) is 8.61 Å². The minimum absolute atomic E-state index is 0.577. The van der Waals surface area contributed by atoms with Gasteiger partial charge in [-0.2, -0.15) is 12.6 Å². The molecule has 0 unspecified atom stereocenters. The molecule has 0 bridgehead atoms. The first-order valence-electron chi connectivity index (χ1n) is 10.2. The highest BCUT2D eigenvalue weighted by Gasteiger charge is 2.10. The van der Waals surface area contributed by atoms with Crippen LogP contribution >= 0.6 is 12.6 Å². The molecule has 0 heterocycles. The standard InChI is InChI=1S/C20H40O2S2/c1-2-3-4-5-6-7-8-9-10-11-12-13-14-15-16-17-20(22-24)21-18-19-23/h23H,2-19H2,1H3. The van der Waals surface area contributed by atoms with Gasteiger partial charge < -0.3 is 21.5 Å². The van der Waals surface area contributed by atoms with Gasteiger partial charge in [0.25, 0.3) is 0 Å². The highest BCUT2D eigenvalue weighted by atomic mass is 32.1.